The lowest BCUT2D eigenvalue weighted by atomic mass is 9.84. The maximum Gasteiger partial charge on any atom is 0.252 e. The van der Waals surface area contributed by atoms with Crippen molar-refractivity contribution in [1.82, 2.24) is 30.7 Å². The van der Waals surface area contributed by atoms with Gasteiger partial charge < -0.3 is 48.8 Å². The van der Waals surface area contributed by atoms with Crippen molar-refractivity contribution in [3.63, 3.8) is 0 Å². The fraction of sp³-hybridized carbons (Fsp3) is 0.533. The molecule has 0 spiro atoms. The van der Waals surface area contributed by atoms with E-state index in [1.165, 1.54) is 4.90 Å². The van der Waals surface area contributed by atoms with Gasteiger partial charge >= 0.3 is 0 Å². The average molecular weight is 854 g/mol. The summed E-state index contributed by atoms with van der Waals surface area (Å²) < 4.78 is 0. The Kier molecular flexibility index (Phi) is 16.1. The van der Waals surface area contributed by atoms with Crippen LogP contribution < -0.4 is 38.9 Å². The number of nitrogens with zero attached hydrogens (tertiary/aromatic N) is 3. The summed E-state index contributed by atoms with van der Waals surface area (Å²) in [7, 11) is 0. The van der Waals surface area contributed by atoms with E-state index >= 15 is 4.79 Å². The monoisotopic (exact) mass is 853 g/mol. The highest BCUT2D eigenvalue weighted by atomic mass is 16.2. The number of H-pyrrole nitrogens is 1. The van der Waals surface area contributed by atoms with Gasteiger partial charge in [-0.05, 0) is 81.0 Å². The molecule has 3 heterocycles. The Labute approximate surface area is 362 Å². The van der Waals surface area contributed by atoms with Gasteiger partial charge in [0.15, 0.2) is 5.96 Å². The van der Waals surface area contributed by atoms with Crippen molar-refractivity contribution >= 4 is 52.3 Å². The molecule has 0 unspecified atom stereocenters. The van der Waals surface area contributed by atoms with Crippen LogP contribution in [-0.4, -0.2) is 112 Å². The fourth-order valence-corrected chi connectivity index (χ4v) is 9.18. The van der Waals surface area contributed by atoms with Crippen LogP contribution in [0.15, 0.2) is 65.8 Å². The third-order valence-corrected chi connectivity index (χ3v) is 12.4. The summed E-state index contributed by atoms with van der Waals surface area (Å²) in [4.78, 5) is 98.3. The second-order valence-corrected chi connectivity index (χ2v) is 16.9. The van der Waals surface area contributed by atoms with Crippen molar-refractivity contribution in [1.29, 1.82) is 0 Å². The first-order valence-electron chi connectivity index (χ1n) is 22.1. The lowest BCUT2D eigenvalue weighted by molar-refractivity contribution is -0.158. The lowest BCUT2D eigenvalue weighted by Crippen LogP contribution is -2.63. The van der Waals surface area contributed by atoms with E-state index in [4.69, 9.17) is 22.9 Å². The Balaban J connectivity index is 1.45. The largest absolute Gasteiger partial charge is 0.370 e. The van der Waals surface area contributed by atoms with Crippen molar-refractivity contribution in [3.8, 4) is 0 Å². The molecule has 3 aliphatic rings. The number of nitrogens with two attached hydrogens (primary N) is 4. The summed E-state index contributed by atoms with van der Waals surface area (Å²) in [5, 5.41) is 9.67. The molecule has 0 bridgehead atoms. The number of rotatable bonds is 14. The maximum absolute atomic E-state index is 15.2. The number of imide groups is 1. The first-order chi connectivity index (χ1) is 29.9. The Morgan fingerprint density at radius 2 is 1.47 bits per heavy atom. The number of aromatic nitrogens is 1. The smallest absolute Gasteiger partial charge is 0.252 e. The van der Waals surface area contributed by atoms with Crippen molar-refractivity contribution in [3.05, 3.63) is 71.9 Å². The Morgan fingerprint density at radius 1 is 0.774 bits per heavy atom. The quantitative estimate of drug-likeness (QED) is 0.0653. The number of para-hydroxylation sites is 1. The molecular formula is C45H63N11O6. The molecule has 2 aliphatic heterocycles. The summed E-state index contributed by atoms with van der Waals surface area (Å²) >= 11 is 0. The van der Waals surface area contributed by atoms with E-state index in [2.05, 4.69) is 25.9 Å². The molecule has 6 rings (SSSR count). The maximum atomic E-state index is 15.2. The number of amides is 6. The van der Waals surface area contributed by atoms with E-state index in [1.807, 2.05) is 54.6 Å². The molecule has 0 radical (unpaired) electrons. The van der Waals surface area contributed by atoms with Gasteiger partial charge in [-0.3, -0.25) is 38.7 Å². The van der Waals surface area contributed by atoms with Crippen molar-refractivity contribution in [2.24, 2.45) is 33.8 Å². The Hall–Kier alpha value is -5.81. The number of carbonyl (C=O) groups excluding carboxylic acids is 6. The second-order valence-electron chi connectivity index (χ2n) is 16.9. The molecule has 62 heavy (non-hydrogen) atoms. The zero-order valence-electron chi connectivity index (χ0n) is 35.4. The van der Waals surface area contributed by atoms with Gasteiger partial charge in [-0.25, -0.2) is 0 Å². The highest BCUT2D eigenvalue weighted by Crippen LogP contribution is 2.29. The average Bonchev–Trinajstić information content (AvgIpc) is 3.93. The van der Waals surface area contributed by atoms with Crippen LogP contribution in [0.5, 0.6) is 0 Å². The molecule has 17 nitrogen and oxygen atoms in total. The van der Waals surface area contributed by atoms with E-state index < -0.39 is 71.7 Å². The second kappa shape index (κ2) is 21.8. The van der Waals surface area contributed by atoms with Crippen LogP contribution in [0.3, 0.4) is 0 Å². The van der Waals surface area contributed by atoms with Gasteiger partial charge in [0.2, 0.25) is 29.5 Å². The molecule has 3 aromatic rings. The third kappa shape index (κ3) is 11.6. The van der Waals surface area contributed by atoms with E-state index in [-0.39, 0.29) is 70.0 Å². The molecular weight excluding hydrogens is 791 g/mol. The number of guanidine groups is 1. The molecule has 6 amide bonds. The standard InChI is InChI=1S/C45H63N11O6/c46-21-9-19-38-44(62)55-23-11-20-37(55)41(59)54-35(25-29-14-5-2-6-15-29)39(57)53-36(26-30-27-51-33-17-8-7-16-31(30)33)40(58)52-34(18-10-22-50-45(48)49)43(61)56(38)42(60)32(47)24-28-12-3-1-4-13-28/h1,3-4,7-8,12-13,16-17,27,29,32,34-38,51H,2,5-6,9-11,14-15,18-26,46-47H2,(H,52,58)(H,53,57)(H,54,59)(H4,48,49,50)/t32-,34-,35+,36-,37-,38-/m0/s1. The van der Waals surface area contributed by atoms with Crippen LogP contribution in [0.4, 0.5) is 0 Å². The van der Waals surface area contributed by atoms with Crippen LogP contribution in [0, 0.1) is 5.92 Å². The predicted octanol–water partition coefficient (Wildman–Crippen LogP) is 1.23. The minimum absolute atomic E-state index is 0.0160. The van der Waals surface area contributed by atoms with E-state index in [1.54, 1.807) is 6.20 Å². The minimum Gasteiger partial charge on any atom is -0.370 e. The van der Waals surface area contributed by atoms with Gasteiger partial charge in [0.1, 0.15) is 30.2 Å². The van der Waals surface area contributed by atoms with Crippen molar-refractivity contribution in [2.45, 2.75) is 126 Å². The van der Waals surface area contributed by atoms with E-state index in [9.17, 15) is 24.0 Å². The molecule has 6 atom stereocenters. The number of nitrogens with one attached hydrogen (secondary N) is 4. The molecule has 2 saturated heterocycles. The molecule has 1 aromatic heterocycles. The number of aromatic amines is 1. The first kappa shape index (κ1) is 45.7. The Bertz CT molecular complexity index is 2060. The number of hydrogen-bond donors (Lipinski definition) is 8. The molecule has 12 N–H and O–H groups in total. The Morgan fingerprint density at radius 3 is 2.21 bits per heavy atom. The van der Waals surface area contributed by atoms with Gasteiger partial charge in [-0.1, -0.05) is 80.6 Å². The number of benzene rings is 2. The summed E-state index contributed by atoms with van der Waals surface area (Å²) in [6.45, 7) is 0.429. The summed E-state index contributed by atoms with van der Waals surface area (Å²) in [5.41, 5.74) is 26.2. The first-order valence-corrected chi connectivity index (χ1v) is 22.1. The van der Waals surface area contributed by atoms with Crippen LogP contribution in [0.2, 0.25) is 0 Å². The van der Waals surface area contributed by atoms with E-state index in [0.29, 0.717) is 19.3 Å². The van der Waals surface area contributed by atoms with Crippen LogP contribution in [0.1, 0.15) is 88.2 Å². The summed E-state index contributed by atoms with van der Waals surface area (Å²) in [5.74, 6) is -4.06. The van der Waals surface area contributed by atoms with E-state index in [0.717, 1.165) is 59.0 Å². The predicted molar refractivity (Wildman–Crippen MR) is 236 cm³/mol. The molecule has 334 valence electrons. The molecule has 2 aromatic carbocycles. The topological polar surface area (TPSA) is 277 Å². The van der Waals surface area contributed by atoms with Crippen molar-refractivity contribution < 1.29 is 28.8 Å². The molecule has 1 aliphatic carbocycles. The zero-order valence-corrected chi connectivity index (χ0v) is 35.4. The van der Waals surface area contributed by atoms with Gasteiger partial charge in [0, 0.05) is 36.6 Å². The number of fused-ring (bicyclic) bond motifs is 2. The highest BCUT2D eigenvalue weighted by molar-refractivity contribution is 6.06. The third-order valence-electron chi connectivity index (χ3n) is 12.4. The van der Waals surface area contributed by atoms with Crippen LogP contribution in [-0.2, 0) is 41.6 Å². The summed E-state index contributed by atoms with van der Waals surface area (Å²) in [6.07, 6.45) is 8.31. The minimum atomic E-state index is -1.41. The lowest BCUT2D eigenvalue weighted by Gasteiger charge is -2.37. The van der Waals surface area contributed by atoms with Gasteiger partial charge in [-0.15, -0.1) is 0 Å². The molecule has 17 heteroatoms. The number of hydrogen-bond acceptors (Lipinski definition) is 9. The molecule has 3 fully saturated rings. The molecule has 1 saturated carbocycles. The van der Waals surface area contributed by atoms with Gasteiger partial charge in [-0.2, -0.15) is 0 Å². The number of carbonyl (C=O) groups is 6. The van der Waals surface area contributed by atoms with Crippen molar-refractivity contribution in [2.75, 3.05) is 19.6 Å². The number of aliphatic imine (C=N–C) groups is 1. The fourth-order valence-electron chi connectivity index (χ4n) is 9.18. The SMILES string of the molecule is NCCC[C@H]1C(=O)N2CCC[C@H]2C(=O)N[C@H](CC2CCCCC2)C(=O)N[C@@H](Cc2c[nH]c3ccccc23)C(=O)N[C@@H](CCCN=C(N)N)C(=O)N1C(=O)[C@@H](N)Cc1ccccc1. The van der Waals surface area contributed by atoms with Gasteiger partial charge in [0.05, 0.1) is 6.04 Å². The summed E-state index contributed by atoms with van der Waals surface area (Å²) in [6, 6.07) is 9.35. The normalized spacial score (nSPS) is 23.8. The van der Waals surface area contributed by atoms with Crippen LogP contribution in [0.25, 0.3) is 10.9 Å². The van der Waals surface area contributed by atoms with Crippen LogP contribution >= 0.6 is 0 Å². The highest BCUT2D eigenvalue weighted by Gasteiger charge is 2.46. The van der Waals surface area contributed by atoms with Gasteiger partial charge in [0.25, 0.3) is 5.91 Å². The zero-order chi connectivity index (χ0) is 44.2.